The lowest BCUT2D eigenvalue weighted by atomic mass is 9.83. The molecule has 2 aliphatic rings. The van der Waals surface area contributed by atoms with Gasteiger partial charge in [-0.25, -0.2) is 0 Å². The number of benzene rings is 2. The normalized spacial score (nSPS) is 17.6. The highest BCUT2D eigenvalue weighted by atomic mass is 32.1. The molecular formula is C31H37N5O3S. The van der Waals surface area contributed by atoms with E-state index in [4.69, 9.17) is 17.0 Å². The predicted molar refractivity (Wildman–Crippen MR) is 165 cm³/mol. The summed E-state index contributed by atoms with van der Waals surface area (Å²) in [6, 6.07) is 17.5. The van der Waals surface area contributed by atoms with E-state index in [-0.39, 0.29) is 17.4 Å². The number of carbonyl (C=O) groups is 1. The number of nitrogens with one attached hydrogen (secondary N) is 3. The lowest BCUT2D eigenvalue weighted by molar-refractivity contribution is 0.0948. The van der Waals surface area contributed by atoms with Gasteiger partial charge in [0.2, 0.25) is 0 Å². The Morgan fingerprint density at radius 1 is 1.02 bits per heavy atom. The Balaban J connectivity index is 1.40. The Kier molecular flexibility index (Phi) is 8.52. The van der Waals surface area contributed by atoms with Gasteiger partial charge in [-0.15, -0.1) is 0 Å². The van der Waals surface area contributed by atoms with E-state index in [0.717, 1.165) is 55.2 Å². The second-order valence-corrected chi connectivity index (χ2v) is 11.2. The van der Waals surface area contributed by atoms with Crippen molar-refractivity contribution in [3.05, 3.63) is 87.3 Å². The molecule has 2 aliphatic heterocycles. The number of aromatic nitrogens is 1. The summed E-state index contributed by atoms with van der Waals surface area (Å²) in [5.74, 6) is 0.491. The number of hydrogen-bond acceptors (Lipinski definition) is 5. The van der Waals surface area contributed by atoms with Gasteiger partial charge < -0.3 is 30.2 Å². The van der Waals surface area contributed by atoms with Gasteiger partial charge in [-0.1, -0.05) is 12.1 Å². The topological polar surface area (TPSA) is 87.6 Å². The fourth-order valence-corrected chi connectivity index (χ4v) is 6.00. The number of anilines is 3. The van der Waals surface area contributed by atoms with Crippen LogP contribution in [-0.2, 0) is 11.3 Å². The van der Waals surface area contributed by atoms with Crippen LogP contribution >= 0.6 is 12.2 Å². The largest absolute Gasteiger partial charge is 0.385 e. The number of piperidine rings is 1. The van der Waals surface area contributed by atoms with Crippen LogP contribution in [0.5, 0.6) is 0 Å². The minimum atomic E-state index is -0.137. The first-order valence-electron chi connectivity index (χ1n) is 13.8. The van der Waals surface area contributed by atoms with Gasteiger partial charge in [-0.2, -0.15) is 0 Å². The van der Waals surface area contributed by atoms with Crippen molar-refractivity contribution < 1.29 is 9.53 Å². The molecule has 1 saturated heterocycles. The van der Waals surface area contributed by atoms with Gasteiger partial charge in [0, 0.05) is 68.8 Å². The van der Waals surface area contributed by atoms with Crippen LogP contribution in [-0.4, -0.2) is 48.9 Å². The standard InChI is InChI=1S/C31H37N5O3S/c1-20-8-10-25(14-21(20)2)33-31(40)34-26-16-23(30(38)32-12-5-13-39-3)9-11-28(26)35-17-22-15-24(19-35)27-6-4-7-29(37)36(27)18-22/h4,6-11,14,16,22,24H,5,12-13,15,17-19H2,1-3H3,(H,32,38)(H2,33,34,40)/t22-,24+/m1/s1. The molecule has 3 aromatic rings. The highest BCUT2D eigenvalue weighted by molar-refractivity contribution is 7.80. The summed E-state index contributed by atoms with van der Waals surface area (Å²) in [6.07, 6.45) is 1.81. The number of rotatable bonds is 8. The van der Waals surface area contributed by atoms with Gasteiger partial charge in [-0.3, -0.25) is 9.59 Å². The molecule has 0 saturated carbocycles. The Morgan fingerprint density at radius 3 is 2.67 bits per heavy atom. The molecule has 40 heavy (non-hydrogen) atoms. The molecule has 8 nitrogen and oxygen atoms in total. The second-order valence-electron chi connectivity index (χ2n) is 10.8. The number of hydrogen-bond donors (Lipinski definition) is 3. The first kappa shape index (κ1) is 27.9. The van der Waals surface area contributed by atoms with E-state index in [2.05, 4.69) is 52.9 Å². The molecule has 3 N–H and O–H groups in total. The summed E-state index contributed by atoms with van der Waals surface area (Å²) in [6.45, 7) is 7.62. The summed E-state index contributed by atoms with van der Waals surface area (Å²) in [7, 11) is 1.65. The van der Waals surface area contributed by atoms with Crippen molar-refractivity contribution in [3.8, 4) is 0 Å². The van der Waals surface area contributed by atoms with Gasteiger partial charge >= 0.3 is 0 Å². The van der Waals surface area contributed by atoms with E-state index in [9.17, 15) is 9.59 Å². The van der Waals surface area contributed by atoms with Gasteiger partial charge in [0.1, 0.15) is 0 Å². The molecule has 2 aromatic carbocycles. The van der Waals surface area contributed by atoms with Crippen molar-refractivity contribution in [1.82, 2.24) is 9.88 Å². The molecule has 1 fully saturated rings. The highest BCUT2D eigenvalue weighted by Crippen LogP contribution is 2.39. The number of methoxy groups -OCH3 is 1. The van der Waals surface area contributed by atoms with Crippen LogP contribution in [0.2, 0.25) is 0 Å². The third-order valence-electron chi connectivity index (χ3n) is 7.90. The van der Waals surface area contributed by atoms with E-state index in [0.29, 0.717) is 29.7 Å². The number of nitrogens with zero attached hydrogens (tertiary/aromatic N) is 2. The van der Waals surface area contributed by atoms with E-state index in [1.165, 1.54) is 11.1 Å². The van der Waals surface area contributed by atoms with Crippen molar-refractivity contribution in [2.24, 2.45) is 5.92 Å². The Morgan fingerprint density at radius 2 is 1.88 bits per heavy atom. The molecule has 1 aromatic heterocycles. The first-order chi connectivity index (χ1) is 19.3. The van der Waals surface area contributed by atoms with E-state index < -0.39 is 0 Å². The van der Waals surface area contributed by atoms with Crippen LogP contribution in [0.25, 0.3) is 0 Å². The monoisotopic (exact) mass is 559 g/mol. The van der Waals surface area contributed by atoms with E-state index in [1.807, 2.05) is 34.9 Å². The quantitative estimate of drug-likeness (QED) is 0.273. The molecular weight excluding hydrogens is 522 g/mol. The smallest absolute Gasteiger partial charge is 0.251 e. The zero-order valence-corrected chi connectivity index (χ0v) is 24.1. The summed E-state index contributed by atoms with van der Waals surface area (Å²) < 4.78 is 7.03. The number of aryl methyl sites for hydroxylation is 2. The van der Waals surface area contributed by atoms with Crippen molar-refractivity contribution >= 4 is 40.3 Å². The summed E-state index contributed by atoms with van der Waals surface area (Å²) in [5, 5.41) is 10.1. The van der Waals surface area contributed by atoms with Gasteiger partial charge in [0.05, 0.1) is 11.4 Å². The summed E-state index contributed by atoms with van der Waals surface area (Å²) >= 11 is 5.72. The van der Waals surface area contributed by atoms with Crippen LogP contribution in [0.1, 0.15) is 45.9 Å². The minimum Gasteiger partial charge on any atom is -0.385 e. The Labute approximate surface area is 240 Å². The van der Waals surface area contributed by atoms with E-state index in [1.54, 1.807) is 13.2 Å². The zero-order valence-electron chi connectivity index (χ0n) is 23.3. The van der Waals surface area contributed by atoms with Crippen LogP contribution in [0.15, 0.2) is 59.4 Å². The van der Waals surface area contributed by atoms with Crippen LogP contribution in [0.4, 0.5) is 17.1 Å². The third kappa shape index (κ3) is 6.21. The SMILES string of the molecule is COCCCNC(=O)c1ccc(N2C[C@H]3C[C@@H](C2)c2cccc(=O)n2C3)c(NC(=S)Nc2ccc(C)c(C)c2)c1. The molecule has 210 valence electrons. The fraction of sp³-hybridized carbons (Fsp3) is 0.387. The number of amides is 1. The summed E-state index contributed by atoms with van der Waals surface area (Å²) in [5.41, 5.74) is 6.80. The average molecular weight is 560 g/mol. The molecule has 3 heterocycles. The van der Waals surface area contributed by atoms with E-state index >= 15 is 0 Å². The van der Waals surface area contributed by atoms with Gasteiger partial charge in [0.15, 0.2) is 5.11 Å². The van der Waals surface area contributed by atoms with Gasteiger partial charge in [-0.05, 0) is 92.4 Å². The number of ether oxygens (including phenoxy) is 1. The van der Waals surface area contributed by atoms with Crippen LogP contribution < -0.4 is 26.4 Å². The summed E-state index contributed by atoms with van der Waals surface area (Å²) in [4.78, 5) is 27.8. The maximum atomic E-state index is 12.9. The maximum Gasteiger partial charge on any atom is 0.251 e. The molecule has 0 aliphatic carbocycles. The average Bonchev–Trinajstić information content (AvgIpc) is 2.93. The van der Waals surface area contributed by atoms with Crippen LogP contribution in [0, 0.1) is 19.8 Å². The molecule has 2 atom stereocenters. The molecule has 2 bridgehead atoms. The Hall–Kier alpha value is -3.69. The maximum absolute atomic E-state index is 12.9. The molecule has 9 heteroatoms. The van der Waals surface area contributed by atoms with Crippen molar-refractivity contribution in [1.29, 1.82) is 0 Å². The first-order valence-corrected chi connectivity index (χ1v) is 14.2. The molecule has 1 amide bonds. The lowest BCUT2D eigenvalue weighted by Crippen LogP contribution is -2.47. The molecule has 0 radical (unpaired) electrons. The number of fused-ring (bicyclic) bond motifs is 4. The lowest BCUT2D eigenvalue weighted by Gasteiger charge is -2.44. The Bertz CT molecular complexity index is 1470. The van der Waals surface area contributed by atoms with Gasteiger partial charge in [0.25, 0.3) is 11.5 Å². The highest BCUT2D eigenvalue weighted by Gasteiger charge is 2.35. The van der Waals surface area contributed by atoms with Crippen molar-refractivity contribution in [2.75, 3.05) is 48.9 Å². The van der Waals surface area contributed by atoms with Crippen molar-refractivity contribution in [2.45, 2.75) is 39.2 Å². The minimum absolute atomic E-state index is 0.0756. The number of pyridine rings is 1. The number of carbonyl (C=O) groups excluding carboxylic acids is 1. The predicted octanol–water partition coefficient (Wildman–Crippen LogP) is 4.66. The second kappa shape index (κ2) is 12.2. The fourth-order valence-electron chi connectivity index (χ4n) is 5.77. The molecule has 0 unspecified atom stereocenters. The van der Waals surface area contributed by atoms with Crippen LogP contribution in [0.3, 0.4) is 0 Å². The number of thiocarbonyl (C=S) groups is 1. The van der Waals surface area contributed by atoms with Crippen molar-refractivity contribution in [3.63, 3.8) is 0 Å². The zero-order chi connectivity index (χ0) is 28.2. The third-order valence-corrected chi connectivity index (χ3v) is 8.11. The molecule has 5 rings (SSSR count). The molecule has 0 spiro atoms.